The van der Waals surface area contributed by atoms with Gasteiger partial charge in [-0.1, -0.05) is 41.9 Å². The zero-order chi connectivity index (χ0) is 15.0. The monoisotopic (exact) mass is 368 g/mol. The van der Waals surface area contributed by atoms with Gasteiger partial charge in [0.05, 0.1) is 11.1 Å². The Labute approximate surface area is 136 Å². The summed E-state index contributed by atoms with van der Waals surface area (Å²) in [6.07, 6.45) is 2.00. The molecule has 21 heavy (non-hydrogen) atoms. The van der Waals surface area contributed by atoms with Gasteiger partial charge in [0, 0.05) is 16.0 Å². The van der Waals surface area contributed by atoms with E-state index in [1.165, 1.54) is 5.56 Å². The molecule has 0 saturated carbocycles. The van der Waals surface area contributed by atoms with Crippen molar-refractivity contribution < 1.29 is 9.50 Å². The zero-order valence-electron chi connectivity index (χ0n) is 11.3. The van der Waals surface area contributed by atoms with Crippen LogP contribution >= 0.6 is 27.5 Å². The van der Waals surface area contributed by atoms with E-state index in [0.29, 0.717) is 4.47 Å². The van der Waals surface area contributed by atoms with E-state index in [1.54, 1.807) is 12.1 Å². The van der Waals surface area contributed by atoms with Gasteiger partial charge >= 0.3 is 0 Å². The Balaban J connectivity index is 2.01. The van der Waals surface area contributed by atoms with Crippen LogP contribution in [0.4, 0.5) is 4.39 Å². The second kappa shape index (κ2) is 6.07. The minimum atomic E-state index is -0.878. The summed E-state index contributed by atoms with van der Waals surface area (Å²) in [4.78, 5) is 0. The highest BCUT2D eigenvalue weighted by Gasteiger charge is 2.29. The highest BCUT2D eigenvalue weighted by molar-refractivity contribution is 9.10. The number of benzene rings is 2. The lowest BCUT2D eigenvalue weighted by molar-refractivity contribution is 0.132. The standard InChI is InChI=1S/C17H15BrClFO/c18-14-9-8-13(16(20)15(14)19)17(21)12-7-3-5-10-4-1-2-6-11(10)12/h1-2,4,6,8-9,12,17,21H,3,5,7H2. The summed E-state index contributed by atoms with van der Waals surface area (Å²) in [7, 11) is 0. The number of aryl methyl sites for hydroxylation is 1. The zero-order valence-corrected chi connectivity index (χ0v) is 13.7. The SMILES string of the molecule is OC(c1ccc(Br)c(Cl)c1F)C1CCCc2ccccc21. The molecule has 1 N–H and O–H groups in total. The molecule has 110 valence electrons. The Hall–Kier alpha value is -0.900. The maximum Gasteiger partial charge on any atom is 0.148 e. The molecule has 0 aliphatic heterocycles. The summed E-state index contributed by atoms with van der Waals surface area (Å²) in [6.45, 7) is 0. The van der Waals surface area contributed by atoms with Crippen molar-refractivity contribution >= 4 is 27.5 Å². The predicted molar refractivity (Wildman–Crippen MR) is 86.2 cm³/mol. The molecule has 2 atom stereocenters. The largest absolute Gasteiger partial charge is 0.388 e. The van der Waals surface area contributed by atoms with Gasteiger partial charge in [0.25, 0.3) is 0 Å². The van der Waals surface area contributed by atoms with Gasteiger partial charge in [-0.15, -0.1) is 0 Å². The minimum absolute atomic E-state index is 0.0237. The van der Waals surface area contributed by atoms with E-state index >= 15 is 0 Å². The first-order valence-electron chi connectivity index (χ1n) is 6.99. The lowest BCUT2D eigenvalue weighted by atomic mass is 9.78. The number of aliphatic hydroxyl groups excluding tert-OH is 1. The van der Waals surface area contributed by atoms with E-state index in [2.05, 4.69) is 22.0 Å². The quantitative estimate of drug-likeness (QED) is 0.703. The molecule has 2 aromatic rings. The lowest BCUT2D eigenvalue weighted by Crippen LogP contribution is -2.18. The van der Waals surface area contributed by atoms with Crippen molar-refractivity contribution in [1.82, 2.24) is 0 Å². The lowest BCUT2D eigenvalue weighted by Gasteiger charge is -2.30. The Morgan fingerprint density at radius 1 is 1.24 bits per heavy atom. The molecule has 1 aliphatic rings. The van der Waals surface area contributed by atoms with Gasteiger partial charge in [0.15, 0.2) is 0 Å². The van der Waals surface area contributed by atoms with E-state index in [-0.39, 0.29) is 16.5 Å². The van der Waals surface area contributed by atoms with Crippen molar-refractivity contribution in [2.75, 3.05) is 0 Å². The fourth-order valence-electron chi connectivity index (χ4n) is 3.11. The maximum atomic E-state index is 14.3. The molecule has 0 heterocycles. The second-order valence-corrected chi connectivity index (χ2v) is 6.64. The van der Waals surface area contributed by atoms with Crippen molar-refractivity contribution in [3.8, 4) is 0 Å². The highest BCUT2D eigenvalue weighted by Crippen LogP contribution is 2.42. The molecule has 2 unspecified atom stereocenters. The van der Waals surface area contributed by atoms with Crippen LogP contribution in [0.1, 0.15) is 41.6 Å². The van der Waals surface area contributed by atoms with Crippen LogP contribution in [0.2, 0.25) is 5.02 Å². The third-order valence-electron chi connectivity index (χ3n) is 4.18. The third-order valence-corrected chi connectivity index (χ3v) is 5.44. The molecular formula is C17H15BrClFO. The van der Waals surface area contributed by atoms with Crippen molar-refractivity contribution in [2.45, 2.75) is 31.3 Å². The minimum Gasteiger partial charge on any atom is -0.388 e. The summed E-state index contributed by atoms with van der Waals surface area (Å²) in [5.41, 5.74) is 2.64. The van der Waals surface area contributed by atoms with Gasteiger partial charge in [-0.3, -0.25) is 0 Å². The Kier molecular flexibility index (Phi) is 4.34. The third kappa shape index (κ3) is 2.75. The second-order valence-electron chi connectivity index (χ2n) is 5.41. The van der Waals surface area contributed by atoms with Crippen LogP contribution in [0.3, 0.4) is 0 Å². The first-order chi connectivity index (χ1) is 10.1. The van der Waals surface area contributed by atoms with Crippen LogP contribution < -0.4 is 0 Å². The number of fused-ring (bicyclic) bond motifs is 1. The van der Waals surface area contributed by atoms with Crippen LogP contribution in [0.5, 0.6) is 0 Å². The molecule has 1 aliphatic carbocycles. The first kappa shape index (κ1) is 15.0. The van der Waals surface area contributed by atoms with E-state index in [9.17, 15) is 9.50 Å². The van der Waals surface area contributed by atoms with Crippen LogP contribution in [-0.4, -0.2) is 5.11 Å². The van der Waals surface area contributed by atoms with Crippen molar-refractivity contribution in [1.29, 1.82) is 0 Å². The average molecular weight is 370 g/mol. The van der Waals surface area contributed by atoms with E-state index in [0.717, 1.165) is 24.8 Å². The fraction of sp³-hybridized carbons (Fsp3) is 0.294. The molecule has 0 radical (unpaired) electrons. The molecule has 0 spiro atoms. The number of rotatable bonds is 2. The van der Waals surface area contributed by atoms with Crippen LogP contribution in [-0.2, 0) is 6.42 Å². The summed E-state index contributed by atoms with van der Waals surface area (Å²) >= 11 is 9.13. The van der Waals surface area contributed by atoms with Gasteiger partial charge in [-0.05, 0) is 52.4 Å². The number of hydrogen-bond donors (Lipinski definition) is 1. The molecule has 3 rings (SSSR count). The number of aliphatic hydroxyl groups is 1. The number of halogens is 3. The Bertz CT molecular complexity index is 674. The molecule has 0 aromatic heterocycles. The smallest absolute Gasteiger partial charge is 0.148 e. The molecule has 4 heteroatoms. The fourth-order valence-corrected chi connectivity index (χ4v) is 3.58. The van der Waals surface area contributed by atoms with Gasteiger partial charge in [0.2, 0.25) is 0 Å². The van der Waals surface area contributed by atoms with Crippen molar-refractivity contribution in [3.63, 3.8) is 0 Å². The van der Waals surface area contributed by atoms with Crippen LogP contribution in [0.25, 0.3) is 0 Å². The maximum absolute atomic E-state index is 14.3. The molecule has 2 aromatic carbocycles. The molecule has 1 nitrogen and oxygen atoms in total. The van der Waals surface area contributed by atoms with Crippen LogP contribution in [0.15, 0.2) is 40.9 Å². The molecular weight excluding hydrogens is 355 g/mol. The van der Waals surface area contributed by atoms with Gasteiger partial charge in [-0.25, -0.2) is 4.39 Å². The van der Waals surface area contributed by atoms with E-state index in [1.807, 2.05) is 18.2 Å². The Morgan fingerprint density at radius 3 is 2.81 bits per heavy atom. The average Bonchev–Trinajstić information content (AvgIpc) is 2.51. The molecule has 0 saturated heterocycles. The van der Waals surface area contributed by atoms with Gasteiger partial charge in [0.1, 0.15) is 5.82 Å². The molecule has 0 fully saturated rings. The summed E-state index contributed by atoms with van der Waals surface area (Å²) in [5.74, 6) is -0.622. The normalized spacial score (nSPS) is 19.1. The predicted octanol–water partition coefficient (Wildman–Crippen LogP) is 5.40. The van der Waals surface area contributed by atoms with E-state index < -0.39 is 11.9 Å². The molecule has 0 amide bonds. The summed E-state index contributed by atoms with van der Waals surface area (Å²) in [5, 5.41) is 10.7. The summed E-state index contributed by atoms with van der Waals surface area (Å²) in [6, 6.07) is 11.4. The van der Waals surface area contributed by atoms with Gasteiger partial charge < -0.3 is 5.11 Å². The highest BCUT2D eigenvalue weighted by atomic mass is 79.9. The number of hydrogen-bond acceptors (Lipinski definition) is 1. The van der Waals surface area contributed by atoms with Gasteiger partial charge in [-0.2, -0.15) is 0 Å². The first-order valence-corrected chi connectivity index (χ1v) is 8.16. The van der Waals surface area contributed by atoms with Crippen molar-refractivity contribution in [3.05, 3.63) is 68.4 Å². The summed E-state index contributed by atoms with van der Waals surface area (Å²) < 4.78 is 14.8. The van der Waals surface area contributed by atoms with Crippen LogP contribution in [0, 0.1) is 5.82 Å². The topological polar surface area (TPSA) is 20.2 Å². The Morgan fingerprint density at radius 2 is 2.00 bits per heavy atom. The van der Waals surface area contributed by atoms with E-state index in [4.69, 9.17) is 11.6 Å². The van der Waals surface area contributed by atoms with Crippen molar-refractivity contribution in [2.24, 2.45) is 0 Å². The molecule has 0 bridgehead atoms.